The molecule has 0 radical (unpaired) electrons. The van der Waals surface area contributed by atoms with Gasteiger partial charge >= 0.3 is 17.9 Å². The highest BCUT2D eigenvalue weighted by Gasteiger charge is 2.19. The predicted molar refractivity (Wildman–Crippen MR) is 362 cm³/mol. The Balaban J connectivity index is 4.43. The van der Waals surface area contributed by atoms with E-state index in [2.05, 4.69) is 179 Å². The van der Waals surface area contributed by atoms with Gasteiger partial charge in [-0.2, -0.15) is 0 Å². The molecule has 6 heteroatoms. The first kappa shape index (κ1) is 78.0. The quantitative estimate of drug-likeness (QED) is 0.0261. The molecule has 0 saturated heterocycles. The molecule has 0 bridgehead atoms. The van der Waals surface area contributed by atoms with Crippen LogP contribution in [0.5, 0.6) is 0 Å². The number of unbranched alkanes of at least 4 members (excludes halogenated alkanes) is 23. The van der Waals surface area contributed by atoms with Gasteiger partial charge in [-0.05, 0) is 141 Å². The summed E-state index contributed by atoms with van der Waals surface area (Å²) in [5.74, 6) is -0.947. The summed E-state index contributed by atoms with van der Waals surface area (Å²) in [6.07, 6.45) is 101. The summed E-state index contributed by atoms with van der Waals surface area (Å²) in [5.41, 5.74) is 0. The number of carbonyl (C=O) groups excluding carboxylic acids is 3. The van der Waals surface area contributed by atoms with Gasteiger partial charge in [-0.3, -0.25) is 14.4 Å². The van der Waals surface area contributed by atoms with Gasteiger partial charge in [-0.25, -0.2) is 0 Å². The standard InChI is InChI=1S/C77H124O6/c1-4-7-10-13-16-19-22-25-28-31-34-35-36-37-38-39-40-41-44-46-49-52-55-58-61-64-67-70-76(79)82-73-74(83-77(80)71-68-65-62-59-56-53-50-47-43-33-30-27-24-21-18-15-12-9-6-3)72-81-75(78)69-66-63-60-57-54-51-48-45-42-32-29-26-23-20-17-14-11-8-5-2/h7-12,16-21,25-30,34-35,42-43,45,47,53,56,74H,4-6,13-15,22-24,31-33,36-41,44,46,48-52,54-55,57-73H2,1-3H3/b10-7-,11-8-,12-9-,19-16-,20-17-,21-18-,28-25-,29-26-,30-27-,35-34-,45-42-,47-43-,56-53-. The first-order valence-corrected chi connectivity index (χ1v) is 34.0. The fourth-order valence-electron chi connectivity index (χ4n) is 9.04. The molecule has 0 amide bonds. The Kier molecular flexibility index (Phi) is 65.4. The van der Waals surface area contributed by atoms with E-state index in [4.69, 9.17) is 14.2 Å². The van der Waals surface area contributed by atoms with Gasteiger partial charge in [0, 0.05) is 19.3 Å². The van der Waals surface area contributed by atoms with Crippen LogP contribution in [-0.2, 0) is 28.6 Å². The lowest BCUT2D eigenvalue weighted by molar-refractivity contribution is -0.167. The molecule has 0 N–H and O–H groups in total. The van der Waals surface area contributed by atoms with Crippen LogP contribution in [0.15, 0.2) is 158 Å². The summed E-state index contributed by atoms with van der Waals surface area (Å²) >= 11 is 0. The molecule has 6 nitrogen and oxygen atoms in total. The number of carbonyl (C=O) groups is 3. The summed E-state index contributed by atoms with van der Waals surface area (Å²) in [7, 11) is 0. The van der Waals surface area contributed by atoms with E-state index >= 15 is 0 Å². The zero-order valence-corrected chi connectivity index (χ0v) is 53.7. The van der Waals surface area contributed by atoms with Gasteiger partial charge in [0.2, 0.25) is 0 Å². The van der Waals surface area contributed by atoms with Gasteiger partial charge in [-0.1, -0.05) is 288 Å². The summed E-state index contributed by atoms with van der Waals surface area (Å²) in [6.45, 7) is 6.27. The fraction of sp³-hybridized carbons (Fsp3) is 0.623. The predicted octanol–water partition coefficient (Wildman–Crippen LogP) is 23.7. The van der Waals surface area contributed by atoms with Crippen molar-refractivity contribution >= 4 is 17.9 Å². The van der Waals surface area contributed by atoms with Gasteiger partial charge in [0.15, 0.2) is 6.10 Å². The Hall–Kier alpha value is -4.97. The van der Waals surface area contributed by atoms with Gasteiger partial charge in [0.05, 0.1) is 0 Å². The van der Waals surface area contributed by atoms with Crippen LogP contribution in [-0.4, -0.2) is 37.2 Å². The number of hydrogen-bond acceptors (Lipinski definition) is 6. The largest absolute Gasteiger partial charge is 0.462 e. The number of esters is 3. The van der Waals surface area contributed by atoms with Crippen molar-refractivity contribution < 1.29 is 28.6 Å². The maximum absolute atomic E-state index is 12.9. The van der Waals surface area contributed by atoms with Crippen molar-refractivity contribution in [3.05, 3.63) is 158 Å². The number of allylic oxidation sites excluding steroid dienone is 26. The minimum absolute atomic E-state index is 0.102. The average Bonchev–Trinajstić information content (AvgIpc) is 3.50. The smallest absolute Gasteiger partial charge is 0.306 e. The van der Waals surface area contributed by atoms with Crippen molar-refractivity contribution in [1.29, 1.82) is 0 Å². The van der Waals surface area contributed by atoms with Crippen molar-refractivity contribution in [3.8, 4) is 0 Å². The fourth-order valence-corrected chi connectivity index (χ4v) is 9.04. The summed E-state index contributed by atoms with van der Waals surface area (Å²) in [5, 5.41) is 0. The summed E-state index contributed by atoms with van der Waals surface area (Å²) in [4.78, 5) is 38.5. The molecule has 0 aromatic carbocycles. The minimum Gasteiger partial charge on any atom is -0.462 e. The van der Waals surface area contributed by atoms with E-state index < -0.39 is 6.10 Å². The molecule has 0 aliphatic carbocycles. The second-order valence-corrected chi connectivity index (χ2v) is 21.9. The highest BCUT2D eigenvalue weighted by molar-refractivity contribution is 5.71. The highest BCUT2D eigenvalue weighted by Crippen LogP contribution is 2.16. The lowest BCUT2D eigenvalue weighted by Gasteiger charge is -2.18. The first-order chi connectivity index (χ1) is 41.0. The molecular weight excluding hydrogens is 1020 g/mol. The molecule has 0 rings (SSSR count). The molecule has 0 spiro atoms. The van der Waals surface area contributed by atoms with Gasteiger partial charge in [0.25, 0.3) is 0 Å². The number of hydrogen-bond donors (Lipinski definition) is 0. The van der Waals surface area contributed by atoms with Gasteiger partial charge in [0.1, 0.15) is 13.2 Å². The van der Waals surface area contributed by atoms with E-state index in [-0.39, 0.29) is 37.5 Å². The SMILES string of the molecule is CC/C=C\C/C=C\C/C=C\C/C=C\C/C=C\CCCCCC(=O)OC(COC(=O)CCCCCCCC/C=C\C/C=C\C/C=C\C/C=C\CC)COC(=O)CCCCCCCCCCCCCCCC/C=C\C/C=C\C/C=C\C/C=C\CC. The second kappa shape index (κ2) is 69.5. The topological polar surface area (TPSA) is 78.9 Å². The molecule has 468 valence electrons. The molecule has 1 unspecified atom stereocenters. The zero-order chi connectivity index (χ0) is 59.9. The Morgan fingerprint density at radius 1 is 0.241 bits per heavy atom. The third kappa shape index (κ3) is 67.7. The minimum atomic E-state index is -0.811. The molecule has 0 aliphatic rings. The van der Waals surface area contributed by atoms with Crippen molar-refractivity contribution in [1.82, 2.24) is 0 Å². The maximum Gasteiger partial charge on any atom is 0.306 e. The van der Waals surface area contributed by atoms with Crippen molar-refractivity contribution in [3.63, 3.8) is 0 Å². The maximum atomic E-state index is 12.9. The third-order valence-electron chi connectivity index (χ3n) is 14.0. The third-order valence-corrected chi connectivity index (χ3v) is 14.0. The van der Waals surface area contributed by atoms with Crippen LogP contribution in [0, 0.1) is 0 Å². The molecule has 83 heavy (non-hydrogen) atoms. The van der Waals surface area contributed by atoms with Crippen molar-refractivity contribution in [2.45, 2.75) is 297 Å². The van der Waals surface area contributed by atoms with Crippen LogP contribution in [0.25, 0.3) is 0 Å². The van der Waals surface area contributed by atoms with Crippen molar-refractivity contribution in [2.24, 2.45) is 0 Å². The summed E-state index contributed by atoms with van der Waals surface area (Å²) < 4.78 is 16.9. The average molecular weight is 1150 g/mol. The van der Waals surface area contributed by atoms with Crippen LogP contribution in [0.3, 0.4) is 0 Å². The molecule has 0 saturated carbocycles. The van der Waals surface area contributed by atoms with E-state index in [0.29, 0.717) is 12.8 Å². The molecule has 0 aromatic rings. The lowest BCUT2D eigenvalue weighted by Crippen LogP contribution is -2.30. The molecule has 0 aromatic heterocycles. The van der Waals surface area contributed by atoms with E-state index in [1.165, 1.54) is 89.9 Å². The van der Waals surface area contributed by atoms with Crippen LogP contribution in [0.2, 0.25) is 0 Å². The van der Waals surface area contributed by atoms with Gasteiger partial charge in [-0.15, -0.1) is 0 Å². The molecule has 1 atom stereocenters. The van der Waals surface area contributed by atoms with Crippen LogP contribution in [0.1, 0.15) is 290 Å². The molecule has 0 heterocycles. The van der Waals surface area contributed by atoms with Crippen molar-refractivity contribution in [2.75, 3.05) is 13.2 Å². The lowest BCUT2D eigenvalue weighted by atomic mass is 10.0. The Bertz CT molecular complexity index is 1840. The highest BCUT2D eigenvalue weighted by atomic mass is 16.6. The first-order valence-electron chi connectivity index (χ1n) is 34.0. The monoisotopic (exact) mass is 1140 g/mol. The number of rotatable bonds is 60. The Morgan fingerprint density at radius 2 is 0.434 bits per heavy atom. The van der Waals surface area contributed by atoms with Crippen LogP contribution < -0.4 is 0 Å². The zero-order valence-electron chi connectivity index (χ0n) is 53.7. The van der Waals surface area contributed by atoms with E-state index in [1.807, 2.05) is 0 Å². The number of ether oxygens (including phenoxy) is 3. The van der Waals surface area contributed by atoms with Crippen LogP contribution >= 0.6 is 0 Å². The normalized spacial score (nSPS) is 13.1. The van der Waals surface area contributed by atoms with Crippen LogP contribution in [0.4, 0.5) is 0 Å². The van der Waals surface area contributed by atoms with E-state index in [9.17, 15) is 14.4 Å². The molecular formula is C77H124O6. The Morgan fingerprint density at radius 3 is 0.687 bits per heavy atom. The molecule has 0 aliphatic heterocycles. The Labute approximate surface area is 511 Å². The second-order valence-electron chi connectivity index (χ2n) is 21.9. The summed E-state index contributed by atoms with van der Waals surface area (Å²) in [6, 6.07) is 0. The van der Waals surface area contributed by atoms with E-state index in [0.717, 1.165) is 161 Å². The van der Waals surface area contributed by atoms with E-state index in [1.54, 1.807) is 0 Å². The van der Waals surface area contributed by atoms with Gasteiger partial charge < -0.3 is 14.2 Å². The molecule has 0 fully saturated rings.